The second-order valence-corrected chi connectivity index (χ2v) is 6.15. The quantitative estimate of drug-likeness (QED) is 0.383. The number of rotatable bonds is 8. The molecule has 1 heterocycles. The number of nitrogens with zero attached hydrogens (tertiary/aromatic N) is 1. The highest BCUT2D eigenvalue weighted by atomic mass is 16.6. The van der Waals surface area contributed by atoms with E-state index in [-0.39, 0.29) is 5.70 Å². The van der Waals surface area contributed by atoms with Crippen LogP contribution in [0.3, 0.4) is 0 Å². The van der Waals surface area contributed by atoms with Gasteiger partial charge in [0.15, 0.2) is 5.70 Å². The Morgan fingerprint density at radius 2 is 1.77 bits per heavy atom. The SMILES string of the molecule is CCCCCCOc1ccccc1/C=C1/N=C(c2ccccc2)OC1=O. The summed E-state index contributed by atoms with van der Waals surface area (Å²) < 4.78 is 11.2. The first-order valence-corrected chi connectivity index (χ1v) is 9.07. The maximum absolute atomic E-state index is 12.2. The molecule has 26 heavy (non-hydrogen) atoms. The number of ether oxygens (including phenoxy) is 2. The van der Waals surface area contributed by atoms with Crippen LogP contribution in [0.4, 0.5) is 0 Å². The normalized spacial score (nSPS) is 15.0. The van der Waals surface area contributed by atoms with Crippen molar-refractivity contribution in [2.24, 2.45) is 4.99 Å². The van der Waals surface area contributed by atoms with Gasteiger partial charge in [-0.3, -0.25) is 0 Å². The van der Waals surface area contributed by atoms with Crippen LogP contribution in [-0.2, 0) is 9.53 Å². The molecule has 134 valence electrons. The van der Waals surface area contributed by atoms with Gasteiger partial charge < -0.3 is 9.47 Å². The third-order valence-corrected chi connectivity index (χ3v) is 4.11. The third-order valence-electron chi connectivity index (χ3n) is 4.11. The molecule has 0 fully saturated rings. The zero-order valence-electron chi connectivity index (χ0n) is 15.0. The van der Waals surface area contributed by atoms with Crippen LogP contribution in [0.25, 0.3) is 6.08 Å². The van der Waals surface area contributed by atoms with Crippen molar-refractivity contribution in [1.82, 2.24) is 0 Å². The van der Waals surface area contributed by atoms with E-state index in [1.54, 1.807) is 6.08 Å². The van der Waals surface area contributed by atoms with E-state index in [0.717, 1.165) is 29.7 Å². The van der Waals surface area contributed by atoms with Crippen molar-refractivity contribution in [1.29, 1.82) is 0 Å². The third kappa shape index (κ3) is 4.60. The van der Waals surface area contributed by atoms with E-state index in [2.05, 4.69) is 11.9 Å². The molecule has 1 aliphatic rings. The summed E-state index contributed by atoms with van der Waals surface area (Å²) in [6.45, 7) is 2.86. The Kier molecular flexibility index (Phi) is 6.20. The number of carbonyl (C=O) groups excluding carboxylic acids is 1. The van der Waals surface area contributed by atoms with Gasteiger partial charge >= 0.3 is 5.97 Å². The van der Waals surface area contributed by atoms with Crippen molar-refractivity contribution in [3.63, 3.8) is 0 Å². The molecule has 0 saturated carbocycles. The Bertz CT molecular complexity index is 809. The minimum atomic E-state index is -0.443. The molecular weight excluding hydrogens is 326 g/mol. The molecule has 2 aromatic rings. The number of para-hydroxylation sites is 1. The number of esters is 1. The van der Waals surface area contributed by atoms with Crippen molar-refractivity contribution in [3.05, 3.63) is 71.4 Å². The summed E-state index contributed by atoms with van der Waals surface area (Å²) in [5, 5.41) is 0. The Morgan fingerprint density at radius 1 is 1.00 bits per heavy atom. The second kappa shape index (κ2) is 8.99. The van der Waals surface area contributed by atoms with Crippen molar-refractivity contribution in [2.45, 2.75) is 32.6 Å². The summed E-state index contributed by atoms with van der Waals surface area (Å²) in [6.07, 6.45) is 6.33. The van der Waals surface area contributed by atoms with Crippen LogP contribution in [-0.4, -0.2) is 18.5 Å². The lowest BCUT2D eigenvalue weighted by Gasteiger charge is -2.09. The van der Waals surface area contributed by atoms with Crippen LogP contribution in [0.15, 0.2) is 65.3 Å². The van der Waals surface area contributed by atoms with Crippen molar-refractivity contribution in [2.75, 3.05) is 6.61 Å². The number of aliphatic imine (C=N–C) groups is 1. The van der Waals surface area contributed by atoms with Gasteiger partial charge in [-0.25, -0.2) is 9.79 Å². The molecule has 4 heteroatoms. The summed E-state index contributed by atoms with van der Waals surface area (Å²) in [7, 11) is 0. The van der Waals surface area contributed by atoms with E-state index in [1.165, 1.54) is 12.8 Å². The zero-order valence-corrected chi connectivity index (χ0v) is 15.0. The Morgan fingerprint density at radius 3 is 2.58 bits per heavy atom. The highest BCUT2D eigenvalue weighted by Gasteiger charge is 2.24. The summed E-state index contributed by atoms with van der Waals surface area (Å²) >= 11 is 0. The minimum absolute atomic E-state index is 0.283. The van der Waals surface area contributed by atoms with Crippen LogP contribution < -0.4 is 4.74 Å². The molecule has 1 aliphatic heterocycles. The first kappa shape index (κ1) is 17.9. The molecule has 0 atom stereocenters. The van der Waals surface area contributed by atoms with E-state index in [9.17, 15) is 4.79 Å². The lowest BCUT2D eigenvalue weighted by molar-refractivity contribution is -0.129. The van der Waals surface area contributed by atoms with E-state index in [1.807, 2.05) is 54.6 Å². The van der Waals surface area contributed by atoms with Gasteiger partial charge in [-0.1, -0.05) is 62.6 Å². The topological polar surface area (TPSA) is 47.9 Å². The minimum Gasteiger partial charge on any atom is -0.493 e. The lowest BCUT2D eigenvalue weighted by Crippen LogP contribution is -2.05. The summed E-state index contributed by atoms with van der Waals surface area (Å²) in [5.41, 5.74) is 1.89. The van der Waals surface area contributed by atoms with Gasteiger partial charge in [0.1, 0.15) is 5.75 Å². The van der Waals surface area contributed by atoms with E-state index >= 15 is 0 Å². The number of benzene rings is 2. The fraction of sp³-hybridized carbons (Fsp3) is 0.273. The van der Waals surface area contributed by atoms with E-state index < -0.39 is 5.97 Å². The number of carbonyl (C=O) groups is 1. The average Bonchev–Trinajstić information content (AvgIpc) is 3.04. The largest absolute Gasteiger partial charge is 0.493 e. The molecular formula is C22H23NO3. The van der Waals surface area contributed by atoms with Crippen molar-refractivity contribution >= 4 is 17.9 Å². The van der Waals surface area contributed by atoms with Crippen LogP contribution in [0.1, 0.15) is 43.7 Å². The average molecular weight is 349 g/mol. The van der Waals surface area contributed by atoms with Gasteiger partial charge in [-0.2, -0.15) is 0 Å². The van der Waals surface area contributed by atoms with Gasteiger partial charge in [-0.15, -0.1) is 0 Å². The molecule has 0 spiro atoms. The first-order chi connectivity index (χ1) is 12.8. The molecule has 0 saturated heterocycles. The fourth-order valence-electron chi connectivity index (χ4n) is 2.70. The van der Waals surface area contributed by atoms with Gasteiger partial charge in [0.05, 0.1) is 6.61 Å². The summed E-state index contributed by atoms with van der Waals surface area (Å²) in [6, 6.07) is 17.1. The Hall–Kier alpha value is -2.88. The maximum Gasteiger partial charge on any atom is 0.363 e. The summed E-state index contributed by atoms with van der Waals surface area (Å²) in [5.74, 6) is 0.647. The predicted octanol–water partition coefficient (Wildman–Crippen LogP) is 4.99. The van der Waals surface area contributed by atoms with Crippen LogP contribution in [0.5, 0.6) is 5.75 Å². The molecule has 0 radical (unpaired) electrons. The zero-order chi connectivity index (χ0) is 18.2. The standard InChI is InChI=1S/C22H23NO3/c1-2-3-4-10-15-25-20-14-9-8-13-18(20)16-19-22(24)26-21(23-19)17-11-6-5-7-12-17/h5-9,11-14,16H,2-4,10,15H2,1H3/b19-16+. The number of hydrogen-bond donors (Lipinski definition) is 0. The molecule has 0 N–H and O–H groups in total. The number of cyclic esters (lactones) is 1. The van der Waals surface area contributed by atoms with E-state index in [4.69, 9.17) is 9.47 Å². The van der Waals surface area contributed by atoms with E-state index in [0.29, 0.717) is 12.5 Å². The highest BCUT2D eigenvalue weighted by molar-refractivity contribution is 6.12. The van der Waals surface area contributed by atoms with Gasteiger partial charge in [0.25, 0.3) is 0 Å². The first-order valence-electron chi connectivity index (χ1n) is 9.07. The van der Waals surface area contributed by atoms with Gasteiger partial charge in [-0.05, 0) is 30.7 Å². The molecule has 3 rings (SSSR count). The Balaban J connectivity index is 1.75. The number of hydrogen-bond acceptors (Lipinski definition) is 4. The lowest BCUT2D eigenvalue weighted by atomic mass is 10.1. The molecule has 2 aromatic carbocycles. The van der Waals surface area contributed by atoms with Gasteiger partial charge in [0, 0.05) is 11.1 Å². The molecule has 0 amide bonds. The second-order valence-electron chi connectivity index (χ2n) is 6.15. The maximum atomic E-state index is 12.2. The molecule has 0 bridgehead atoms. The van der Waals surface area contributed by atoms with Crippen LogP contribution >= 0.6 is 0 Å². The monoisotopic (exact) mass is 349 g/mol. The van der Waals surface area contributed by atoms with Crippen molar-refractivity contribution < 1.29 is 14.3 Å². The molecule has 0 unspecified atom stereocenters. The van der Waals surface area contributed by atoms with Crippen LogP contribution in [0, 0.1) is 0 Å². The van der Waals surface area contributed by atoms with Gasteiger partial charge in [0.2, 0.25) is 5.90 Å². The highest BCUT2D eigenvalue weighted by Crippen LogP contribution is 2.25. The molecule has 4 nitrogen and oxygen atoms in total. The fourth-order valence-corrected chi connectivity index (χ4v) is 2.70. The summed E-state index contributed by atoms with van der Waals surface area (Å²) in [4.78, 5) is 16.5. The molecule has 0 aromatic heterocycles. The Labute approximate surface area is 154 Å². The van der Waals surface area contributed by atoms with Crippen LogP contribution in [0.2, 0.25) is 0 Å². The predicted molar refractivity (Wildman–Crippen MR) is 103 cm³/mol. The molecule has 0 aliphatic carbocycles. The number of unbranched alkanes of at least 4 members (excludes halogenated alkanes) is 3. The van der Waals surface area contributed by atoms with Crippen molar-refractivity contribution in [3.8, 4) is 5.75 Å². The smallest absolute Gasteiger partial charge is 0.363 e.